The van der Waals surface area contributed by atoms with Gasteiger partial charge in [-0.05, 0) is 48.5 Å². The lowest BCUT2D eigenvalue weighted by Gasteiger charge is -2.26. The first-order valence-corrected chi connectivity index (χ1v) is 11.1. The van der Waals surface area contributed by atoms with Crippen LogP contribution in [0.15, 0.2) is 78.9 Å². The number of anilines is 2. The maximum atomic E-state index is 6.42. The molecule has 3 nitrogen and oxygen atoms in total. The zero-order valence-corrected chi connectivity index (χ0v) is 18.9. The summed E-state index contributed by atoms with van der Waals surface area (Å²) >= 11 is 6.42. The van der Waals surface area contributed by atoms with Crippen LogP contribution in [0.1, 0.15) is 31.0 Å². The van der Waals surface area contributed by atoms with E-state index in [9.17, 15) is 0 Å². The van der Waals surface area contributed by atoms with Crippen molar-refractivity contribution in [1.82, 2.24) is 4.90 Å². The lowest BCUT2D eigenvalue weighted by Crippen LogP contribution is -2.33. The van der Waals surface area contributed by atoms with Gasteiger partial charge in [0, 0.05) is 25.8 Å². The van der Waals surface area contributed by atoms with Gasteiger partial charge in [0.1, 0.15) is 0 Å². The number of likely N-dealkylation sites (N-methyl/N-ethyl adjacent to an activating group) is 2. The normalized spacial score (nSPS) is 12.0. The van der Waals surface area contributed by atoms with E-state index in [1.165, 1.54) is 16.8 Å². The highest BCUT2D eigenvalue weighted by molar-refractivity contribution is 6.33. The Bertz CT molecular complexity index is 892. The molecule has 0 aliphatic rings. The van der Waals surface area contributed by atoms with Crippen LogP contribution in [0.3, 0.4) is 0 Å². The van der Waals surface area contributed by atoms with Crippen molar-refractivity contribution in [2.45, 2.75) is 19.9 Å². The van der Waals surface area contributed by atoms with Crippen LogP contribution in [0.2, 0.25) is 5.02 Å². The lowest BCUT2D eigenvalue weighted by atomic mass is 9.98. The van der Waals surface area contributed by atoms with E-state index in [1.54, 1.807) is 0 Å². The molecule has 0 saturated carbocycles. The molecule has 3 aromatic carbocycles. The predicted octanol–water partition coefficient (Wildman–Crippen LogP) is 6.32. The third kappa shape index (κ3) is 5.78. The summed E-state index contributed by atoms with van der Waals surface area (Å²) in [5, 5.41) is 4.36. The van der Waals surface area contributed by atoms with E-state index in [0.717, 1.165) is 36.9 Å². The highest BCUT2D eigenvalue weighted by Crippen LogP contribution is 2.31. The maximum Gasteiger partial charge on any atom is 0.0768 e. The zero-order valence-electron chi connectivity index (χ0n) is 18.2. The molecular weight excluding hydrogens is 390 g/mol. The van der Waals surface area contributed by atoms with Crippen molar-refractivity contribution in [3.63, 3.8) is 0 Å². The van der Waals surface area contributed by atoms with Gasteiger partial charge in [-0.25, -0.2) is 0 Å². The molecule has 0 aromatic heterocycles. The van der Waals surface area contributed by atoms with Crippen LogP contribution in [-0.4, -0.2) is 38.1 Å². The van der Waals surface area contributed by atoms with Gasteiger partial charge in [-0.15, -0.1) is 0 Å². The summed E-state index contributed by atoms with van der Waals surface area (Å²) in [6, 6.07) is 27.3. The first-order valence-electron chi connectivity index (χ1n) is 10.7. The number of para-hydroxylation sites is 1. The van der Waals surface area contributed by atoms with Gasteiger partial charge in [-0.3, -0.25) is 0 Å². The van der Waals surface area contributed by atoms with E-state index in [4.69, 9.17) is 11.6 Å². The van der Waals surface area contributed by atoms with E-state index in [0.29, 0.717) is 0 Å². The van der Waals surface area contributed by atoms with E-state index in [2.05, 4.69) is 84.5 Å². The van der Waals surface area contributed by atoms with Crippen LogP contribution >= 0.6 is 11.6 Å². The van der Waals surface area contributed by atoms with E-state index >= 15 is 0 Å². The molecule has 0 fully saturated rings. The number of nitrogens with zero attached hydrogens (tertiary/aromatic N) is 2. The molecule has 0 spiro atoms. The molecule has 3 aromatic rings. The Hall–Kier alpha value is -2.49. The summed E-state index contributed by atoms with van der Waals surface area (Å²) < 4.78 is 0. The lowest BCUT2D eigenvalue weighted by molar-refractivity contribution is 0.311. The predicted molar refractivity (Wildman–Crippen MR) is 131 cm³/mol. The SMILES string of the molecule is CCN(CC)CCN(C)c1ccc(C(Nc2ccccc2Cl)c2ccccc2)cc1. The van der Waals surface area contributed by atoms with Crippen molar-refractivity contribution in [2.24, 2.45) is 0 Å². The van der Waals surface area contributed by atoms with Gasteiger partial charge in [-0.1, -0.05) is 80.0 Å². The highest BCUT2D eigenvalue weighted by Gasteiger charge is 2.15. The van der Waals surface area contributed by atoms with Crippen molar-refractivity contribution in [1.29, 1.82) is 0 Å². The van der Waals surface area contributed by atoms with Gasteiger partial charge in [0.2, 0.25) is 0 Å². The van der Waals surface area contributed by atoms with Crippen molar-refractivity contribution in [2.75, 3.05) is 43.4 Å². The molecule has 1 unspecified atom stereocenters. The Morgan fingerprint density at radius 2 is 1.37 bits per heavy atom. The van der Waals surface area contributed by atoms with Gasteiger partial charge < -0.3 is 15.1 Å². The number of hydrogen-bond acceptors (Lipinski definition) is 3. The fraction of sp³-hybridized carbons (Fsp3) is 0.308. The molecule has 4 heteroatoms. The average molecular weight is 422 g/mol. The molecule has 0 saturated heterocycles. The molecule has 1 N–H and O–H groups in total. The number of nitrogens with one attached hydrogen (secondary N) is 1. The molecule has 0 aliphatic carbocycles. The third-order valence-corrected chi connectivity index (χ3v) is 5.95. The Kier molecular flexibility index (Phi) is 8.18. The summed E-state index contributed by atoms with van der Waals surface area (Å²) in [4.78, 5) is 4.77. The Balaban J connectivity index is 1.79. The summed E-state index contributed by atoms with van der Waals surface area (Å²) in [5.74, 6) is 0. The van der Waals surface area contributed by atoms with E-state index in [-0.39, 0.29) is 6.04 Å². The van der Waals surface area contributed by atoms with Crippen LogP contribution in [-0.2, 0) is 0 Å². The molecule has 0 amide bonds. The minimum atomic E-state index is 0.0288. The summed E-state index contributed by atoms with van der Waals surface area (Å²) in [6.07, 6.45) is 0. The molecule has 30 heavy (non-hydrogen) atoms. The number of halogens is 1. The van der Waals surface area contributed by atoms with Crippen molar-refractivity contribution in [3.05, 3.63) is 95.0 Å². The molecule has 1 atom stereocenters. The van der Waals surface area contributed by atoms with Crippen LogP contribution < -0.4 is 10.2 Å². The Morgan fingerprint density at radius 3 is 2.00 bits per heavy atom. The zero-order chi connectivity index (χ0) is 21.3. The Labute approximate surface area is 186 Å². The fourth-order valence-corrected chi connectivity index (χ4v) is 3.81. The first kappa shape index (κ1) is 22.2. The molecule has 0 aliphatic heterocycles. The van der Waals surface area contributed by atoms with Crippen LogP contribution in [0.4, 0.5) is 11.4 Å². The van der Waals surface area contributed by atoms with Crippen molar-refractivity contribution in [3.8, 4) is 0 Å². The van der Waals surface area contributed by atoms with Gasteiger partial charge in [0.15, 0.2) is 0 Å². The van der Waals surface area contributed by atoms with Gasteiger partial charge in [-0.2, -0.15) is 0 Å². The third-order valence-electron chi connectivity index (χ3n) is 5.62. The molecule has 3 rings (SSSR count). The van der Waals surface area contributed by atoms with Gasteiger partial charge >= 0.3 is 0 Å². The van der Waals surface area contributed by atoms with Gasteiger partial charge in [0.05, 0.1) is 16.8 Å². The Morgan fingerprint density at radius 1 is 0.767 bits per heavy atom. The van der Waals surface area contributed by atoms with Crippen LogP contribution in [0.25, 0.3) is 0 Å². The number of hydrogen-bond donors (Lipinski definition) is 1. The minimum absolute atomic E-state index is 0.0288. The standard InChI is InChI=1S/C26H32ClN3/c1-4-30(5-2)20-19-29(3)23-17-15-22(16-18-23)26(21-11-7-6-8-12-21)28-25-14-10-9-13-24(25)27/h6-18,26,28H,4-5,19-20H2,1-3H3. The smallest absolute Gasteiger partial charge is 0.0768 e. The van der Waals surface area contributed by atoms with E-state index in [1.807, 2.05) is 30.3 Å². The summed E-state index contributed by atoms with van der Waals surface area (Å²) in [5.41, 5.74) is 4.59. The maximum absolute atomic E-state index is 6.42. The summed E-state index contributed by atoms with van der Waals surface area (Å²) in [6.45, 7) is 8.71. The topological polar surface area (TPSA) is 18.5 Å². The molecule has 0 radical (unpaired) electrons. The second kappa shape index (κ2) is 11.1. The first-order chi connectivity index (χ1) is 14.6. The number of rotatable bonds is 10. The summed E-state index contributed by atoms with van der Waals surface area (Å²) in [7, 11) is 2.16. The van der Waals surface area contributed by atoms with Crippen LogP contribution in [0.5, 0.6) is 0 Å². The largest absolute Gasteiger partial charge is 0.373 e. The van der Waals surface area contributed by atoms with Crippen molar-refractivity contribution < 1.29 is 0 Å². The van der Waals surface area contributed by atoms with E-state index < -0.39 is 0 Å². The van der Waals surface area contributed by atoms with Gasteiger partial charge in [0.25, 0.3) is 0 Å². The van der Waals surface area contributed by atoms with Crippen molar-refractivity contribution >= 4 is 23.0 Å². The highest BCUT2D eigenvalue weighted by atomic mass is 35.5. The fourth-order valence-electron chi connectivity index (χ4n) is 3.62. The number of benzene rings is 3. The molecular formula is C26H32ClN3. The average Bonchev–Trinajstić information content (AvgIpc) is 2.80. The minimum Gasteiger partial charge on any atom is -0.373 e. The molecule has 158 valence electrons. The molecule has 0 bridgehead atoms. The quantitative estimate of drug-likeness (QED) is 0.413. The van der Waals surface area contributed by atoms with Crippen LogP contribution in [0, 0.1) is 0 Å². The second-order valence-corrected chi connectivity index (χ2v) is 7.92. The second-order valence-electron chi connectivity index (χ2n) is 7.51. The molecule has 0 heterocycles. The monoisotopic (exact) mass is 421 g/mol.